The fourth-order valence-electron chi connectivity index (χ4n) is 1.90. The van der Waals surface area contributed by atoms with E-state index >= 15 is 0 Å². The average Bonchev–Trinajstić information content (AvgIpc) is 2.72. The first kappa shape index (κ1) is 11.8. The third-order valence-corrected chi connectivity index (χ3v) is 2.75. The summed E-state index contributed by atoms with van der Waals surface area (Å²) in [6.45, 7) is 4.48. The van der Waals surface area contributed by atoms with Crippen molar-refractivity contribution in [3.8, 4) is 0 Å². The Labute approximate surface area is 98.4 Å². The molecule has 1 saturated heterocycles. The Bertz CT molecular complexity index is 409. The van der Waals surface area contributed by atoms with Crippen LogP contribution in [0.4, 0.5) is 4.39 Å². The second kappa shape index (κ2) is 5.09. The van der Waals surface area contributed by atoms with Gasteiger partial charge in [0, 0.05) is 25.2 Å². The zero-order chi connectivity index (χ0) is 12.3. The van der Waals surface area contributed by atoms with Gasteiger partial charge in [-0.25, -0.2) is 14.7 Å². The summed E-state index contributed by atoms with van der Waals surface area (Å²) in [5.74, 6) is 0.460. The zero-order valence-corrected chi connectivity index (χ0v) is 9.33. The largest absolute Gasteiger partial charge is 0.717 e. The Hall–Kier alpha value is -1.69. The van der Waals surface area contributed by atoms with Gasteiger partial charge < -0.3 is 9.94 Å². The lowest BCUT2D eigenvalue weighted by molar-refractivity contribution is -0.374. The second-order valence-electron chi connectivity index (χ2n) is 3.96. The summed E-state index contributed by atoms with van der Waals surface area (Å²) < 4.78 is 17.9. The van der Waals surface area contributed by atoms with Gasteiger partial charge in [0.25, 0.3) is 0 Å². The fraction of sp³-hybridized carbons (Fsp3) is 0.455. The maximum absolute atomic E-state index is 12.7. The van der Waals surface area contributed by atoms with Crippen LogP contribution in [0.2, 0.25) is 0 Å². The van der Waals surface area contributed by atoms with Crippen LogP contribution in [0.15, 0.2) is 29.2 Å². The van der Waals surface area contributed by atoms with Gasteiger partial charge in [-0.2, -0.15) is 0 Å². The Morgan fingerprint density at radius 1 is 1.59 bits per heavy atom. The third kappa shape index (κ3) is 2.71. The molecule has 0 atom stereocenters. The van der Waals surface area contributed by atoms with Crippen molar-refractivity contribution in [3.63, 3.8) is 0 Å². The van der Waals surface area contributed by atoms with Crippen LogP contribution in [0.5, 0.6) is 0 Å². The van der Waals surface area contributed by atoms with Gasteiger partial charge in [0.1, 0.15) is 5.83 Å². The van der Waals surface area contributed by atoms with Crippen molar-refractivity contribution < 1.29 is 14.3 Å². The van der Waals surface area contributed by atoms with E-state index in [9.17, 15) is 9.60 Å². The Balaban J connectivity index is 2.17. The summed E-state index contributed by atoms with van der Waals surface area (Å²) in [4.78, 5) is 4.21. The second-order valence-corrected chi connectivity index (χ2v) is 3.96. The van der Waals surface area contributed by atoms with Crippen LogP contribution in [-0.2, 0) is 4.74 Å². The number of allylic oxidation sites excluding steroid dienone is 2. The van der Waals surface area contributed by atoms with Crippen LogP contribution in [0, 0.1) is 11.1 Å². The van der Waals surface area contributed by atoms with Gasteiger partial charge in [0.2, 0.25) is 0 Å². The van der Waals surface area contributed by atoms with Gasteiger partial charge in [-0.15, -0.1) is 0 Å². The fourth-order valence-corrected chi connectivity index (χ4v) is 1.90. The predicted octanol–water partition coefficient (Wildman–Crippen LogP) is -0.241. The maximum atomic E-state index is 12.7. The van der Waals surface area contributed by atoms with Crippen molar-refractivity contribution in [1.82, 2.24) is 5.32 Å². The summed E-state index contributed by atoms with van der Waals surface area (Å²) in [6, 6.07) is 0. The molecule has 0 saturated carbocycles. The first-order valence-electron chi connectivity index (χ1n) is 5.45. The van der Waals surface area contributed by atoms with Gasteiger partial charge in [-0.05, 0) is 12.8 Å². The van der Waals surface area contributed by atoms with E-state index in [4.69, 9.17) is 4.74 Å². The lowest BCUT2D eigenvalue weighted by Crippen LogP contribution is -2.69. The lowest BCUT2D eigenvalue weighted by Gasteiger charge is -2.19. The van der Waals surface area contributed by atoms with Crippen LogP contribution < -0.4 is 10.5 Å². The molecule has 0 aromatic heterocycles. The van der Waals surface area contributed by atoms with Gasteiger partial charge in [0.05, 0.1) is 0 Å². The van der Waals surface area contributed by atoms with Crippen LogP contribution in [-0.4, -0.2) is 24.9 Å². The molecule has 92 valence electrons. The minimum atomic E-state index is -0.633. The van der Waals surface area contributed by atoms with Crippen molar-refractivity contribution in [3.05, 3.63) is 29.4 Å². The first-order chi connectivity index (χ1) is 8.20. The Kier molecular flexibility index (Phi) is 3.53. The molecule has 0 aliphatic carbocycles. The Morgan fingerprint density at radius 3 is 2.88 bits per heavy atom. The van der Waals surface area contributed by atoms with E-state index in [2.05, 4.69) is 16.9 Å². The summed E-state index contributed by atoms with van der Waals surface area (Å²) in [6.07, 6.45) is 2.82. The molecule has 0 aromatic carbocycles. The molecule has 0 amide bonds. The number of nitrogens with one attached hydrogen (secondary N) is 2. The molecule has 6 heteroatoms. The molecule has 0 bridgehead atoms. The molecule has 2 N–H and O–H groups in total. The molecule has 0 unspecified atom stereocenters. The first-order valence-corrected chi connectivity index (χ1v) is 5.45. The number of halogens is 1. The summed E-state index contributed by atoms with van der Waals surface area (Å²) in [5.41, 5.74) is 0.258. The van der Waals surface area contributed by atoms with Crippen molar-refractivity contribution in [2.75, 3.05) is 13.2 Å². The highest BCUT2D eigenvalue weighted by Gasteiger charge is 2.31. The van der Waals surface area contributed by atoms with Crippen molar-refractivity contribution in [1.29, 1.82) is 0 Å². The molecule has 2 heterocycles. The van der Waals surface area contributed by atoms with E-state index in [0.717, 1.165) is 18.9 Å². The zero-order valence-electron chi connectivity index (χ0n) is 9.33. The summed E-state index contributed by atoms with van der Waals surface area (Å²) >= 11 is 0. The molecule has 2 rings (SSSR count). The third-order valence-electron chi connectivity index (χ3n) is 2.75. The van der Waals surface area contributed by atoms with E-state index in [1.807, 2.05) is 0 Å². The van der Waals surface area contributed by atoms with E-state index < -0.39 is 5.83 Å². The maximum Gasteiger partial charge on any atom is 0.303 e. The van der Waals surface area contributed by atoms with E-state index in [1.165, 1.54) is 0 Å². The van der Waals surface area contributed by atoms with Gasteiger partial charge in [-0.3, -0.25) is 5.16 Å². The van der Waals surface area contributed by atoms with Crippen molar-refractivity contribution in [2.45, 2.75) is 12.8 Å². The molecule has 2 aliphatic rings. The number of rotatable bonds is 2. The minimum Gasteiger partial charge on any atom is -0.717 e. The van der Waals surface area contributed by atoms with Crippen molar-refractivity contribution in [2.24, 2.45) is 10.9 Å². The number of ether oxygens (including phenoxy) is 1. The summed E-state index contributed by atoms with van der Waals surface area (Å²) in [7, 11) is 0. The highest BCUT2D eigenvalue weighted by atomic mass is 19.1. The van der Waals surface area contributed by atoms with Crippen LogP contribution in [0.1, 0.15) is 12.8 Å². The predicted molar refractivity (Wildman–Crippen MR) is 61.8 cm³/mol. The van der Waals surface area contributed by atoms with Crippen molar-refractivity contribution >= 4 is 11.7 Å². The molecule has 2 aliphatic heterocycles. The number of amidine groups is 2. The highest BCUT2D eigenvalue weighted by molar-refractivity contribution is 6.13. The molecule has 1 fully saturated rings. The summed E-state index contributed by atoms with van der Waals surface area (Å²) in [5, 5.41) is 15.3. The van der Waals surface area contributed by atoms with Gasteiger partial charge in [0.15, 0.2) is 11.5 Å². The van der Waals surface area contributed by atoms with Gasteiger partial charge >= 0.3 is 5.84 Å². The SMILES string of the molecule is C=C(F)/C=C1/N=C(C2CCOCC2)N/C1=[NH+]\[O-]. The molecule has 0 aromatic rings. The highest BCUT2D eigenvalue weighted by Crippen LogP contribution is 2.20. The molecule has 0 spiro atoms. The standard InChI is InChI=1S/C11H14FN3O2/c1-7(12)6-9-11(15-16)14-10(13-9)8-2-4-17-5-3-8/h6,8,15H,1-5H2,(H-,13,14,16)/b9-6+,15-11-. The Morgan fingerprint density at radius 2 is 2.29 bits per heavy atom. The molecule has 0 radical (unpaired) electrons. The normalized spacial score (nSPS) is 26.1. The molecule has 17 heavy (non-hydrogen) atoms. The molecular formula is C11H14FN3O2. The number of aliphatic imine (C=N–C) groups is 1. The van der Waals surface area contributed by atoms with Gasteiger partial charge in [-0.1, -0.05) is 6.58 Å². The smallest absolute Gasteiger partial charge is 0.303 e. The van der Waals surface area contributed by atoms with E-state index in [0.29, 0.717) is 19.0 Å². The number of hydrogen-bond acceptors (Lipinski definition) is 3. The van der Waals surface area contributed by atoms with Crippen LogP contribution >= 0.6 is 0 Å². The average molecular weight is 239 g/mol. The number of nitrogens with zero attached hydrogens (tertiary/aromatic N) is 1. The molecule has 5 nitrogen and oxygen atoms in total. The topological polar surface area (TPSA) is 70.6 Å². The number of hydrogen-bond donors (Lipinski definition) is 2. The van der Waals surface area contributed by atoms with Crippen LogP contribution in [0.3, 0.4) is 0 Å². The molecular weight excluding hydrogens is 225 g/mol. The van der Waals surface area contributed by atoms with Crippen LogP contribution in [0.25, 0.3) is 0 Å². The quantitative estimate of drug-likeness (QED) is 0.516. The van der Waals surface area contributed by atoms with E-state index in [-0.39, 0.29) is 17.5 Å². The minimum absolute atomic E-state index is 0.172. The van der Waals surface area contributed by atoms with E-state index in [1.54, 1.807) is 5.16 Å². The monoisotopic (exact) mass is 239 g/mol. The lowest BCUT2D eigenvalue weighted by atomic mass is 9.99.